The van der Waals surface area contributed by atoms with Gasteiger partial charge in [0.05, 0.1) is 39.5 Å². The number of carboxylic acid groups (broad SMARTS) is 1. The minimum Gasteiger partial charge on any atom is -0.496 e. The van der Waals surface area contributed by atoms with E-state index in [-0.39, 0.29) is 18.7 Å². The van der Waals surface area contributed by atoms with Crippen LogP contribution >= 0.6 is 0 Å². The van der Waals surface area contributed by atoms with Crippen LogP contribution in [0.15, 0.2) is 47.6 Å². The molecule has 0 unspecified atom stereocenters. The van der Waals surface area contributed by atoms with Gasteiger partial charge in [0, 0.05) is 24.0 Å². The SMILES string of the molecule is COc1ccc(C2=NN(C(=O)CCC(=O)O)[C@@H](c3ccccc3OC)C2)cc1OC. The third-order valence-corrected chi connectivity index (χ3v) is 4.93. The Morgan fingerprint density at radius 3 is 2.37 bits per heavy atom. The lowest BCUT2D eigenvalue weighted by Crippen LogP contribution is -2.27. The summed E-state index contributed by atoms with van der Waals surface area (Å²) in [5, 5.41) is 14.9. The highest BCUT2D eigenvalue weighted by molar-refractivity contribution is 6.03. The molecule has 0 bridgehead atoms. The largest absolute Gasteiger partial charge is 0.496 e. The number of carbonyl (C=O) groups is 2. The van der Waals surface area contributed by atoms with Crippen molar-refractivity contribution >= 4 is 17.6 Å². The van der Waals surface area contributed by atoms with Crippen LogP contribution in [0.4, 0.5) is 0 Å². The summed E-state index contributed by atoms with van der Waals surface area (Å²) < 4.78 is 16.1. The van der Waals surface area contributed by atoms with Crippen molar-refractivity contribution in [2.45, 2.75) is 25.3 Å². The van der Waals surface area contributed by atoms with Gasteiger partial charge in [-0.2, -0.15) is 5.10 Å². The lowest BCUT2D eigenvalue weighted by molar-refractivity contribution is -0.141. The van der Waals surface area contributed by atoms with Gasteiger partial charge in [0.15, 0.2) is 11.5 Å². The Bertz CT molecular complexity index is 972. The molecule has 3 rings (SSSR count). The van der Waals surface area contributed by atoms with Crippen LogP contribution < -0.4 is 14.2 Å². The number of carbonyl (C=O) groups excluding carboxylic acids is 1. The van der Waals surface area contributed by atoms with Crippen LogP contribution in [0, 0.1) is 0 Å². The maximum Gasteiger partial charge on any atom is 0.303 e. The van der Waals surface area contributed by atoms with E-state index in [1.54, 1.807) is 27.4 Å². The Balaban J connectivity index is 1.98. The van der Waals surface area contributed by atoms with Gasteiger partial charge in [-0.25, -0.2) is 5.01 Å². The third-order valence-electron chi connectivity index (χ3n) is 4.93. The van der Waals surface area contributed by atoms with Crippen LogP contribution in [-0.2, 0) is 9.59 Å². The number of nitrogens with zero attached hydrogens (tertiary/aromatic N) is 2. The van der Waals surface area contributed by atoms with E-state index >= 15 is 0 Å². The molecular formula is C22H24N2O6. The zero-order valence-corrected chi connectivity index (χ0v) is 17.1. The van der Waals surface area contributed by atoms with Crippen LogP contribution in [0.1, 0.15) is 36.4 Å². The van der Waals surface area contributed by atoms with Gasteiger partial charge in [-0.05, 0) is 24.3 Å². The molecule has 8 heteroatoms. The lowest BCUT2D eigenvalue weighted by atomic mass is 9.97. The van der Waals surface area contributed by atoms with Crippen LogP contribution in [0.2, 0.25) is 0 Å². The van der Waals surface area contributed by atoms with Gasteiger partial charge in [-0.3, -0.25) is 9.59 Å². The predicted molar refractivity (Wildman–Crippen MR) is 110 cm³/mol. The topological polar surface area (TPSA) is 97.7 Å². The monoisotopic (exact) mass is 412 g/mol. The van der Waals surface area contributed by atoms with E-state index in [9.17, 15) is 9.59 Å². The summed E-state index contributed by atoms with van der Waals surface area (Å²) in [5.41, 5.74) is 2.29. The van der Waals surface area contributed by atoms with E-state index in [0.717, 1.165) is 11.1 Å². The molecule has 8 nitrogen and oxygen atoms in total. The third kappa shape index (κ3) is 4.37. The summed E-state index contributed by atoms with van der Waals surface area (Å²) in [7, 11) is 4.68. The van der Waals surface area contributed by atoms with Gasteiger partial charge in [0.2, 0.25) is 5.91 Å². The fraction of sp³-hybridized carbons (Fsp3) is 0.318. The highest BCUT2D eigenvalue weighted by Gasteiger charge is 2.34. The Morgan fingerprint density at radius 1 is 1.00 bits per heavy atom. The van der Waals surface area contributed by atoms with Gasteiger partial charge < -0.3 is 19.3 Å². The molecule has 30 heavy (non-hydrogen) atoms. The molecule has 0 aromatic heterocycles. The molecular weight excluding hydrogens is 388 g/mol. The van der Waals surface area contributed by atoms with E-state index in [1.807, 2.05) is 36.4 Å². The fourth-order valence-electron chi connectivity index (χ4n) is 3.44. The summed E-state index contributed by atoms with van der Waals surface area (Å²) in [4.78, 5) is 23.7. The summed E-state index contributed by atoms with van der Waals surface area (Å²) in [6.45, 7) is 0. The molecule has 0 saturated carbocycles. The van der Waals surface area contributed by atoms with Gasteiger partial charge in [-0.15, -0.1) is 0 Å². The lowest BCUT2D eigenvalue weighted by Gasteiger charge is -2.23. The number of ether oxygens (including phenoxy) is 3. The molecule has 1 N–H and O–H groups in total. The van der Waals surface area contributed by atoms with Crippen LogP contribution in [0.25, 0.3) is 0 Å². The summed E-state index contributed by atoms with van der Waals surface area (Å²) in [6.07, 6.45) is 0.0630. The molecule has 1 amide bonds. The molecule has 0 radical (unpaired) electrons. The quantitative estimate of drug-likeness (QED) is 0.715. The van der Waals surface area contributed by atoms with E-state index in [0.29, 0.717) is 29.4 Å². The molecule has 1 atom stereocenters. The second kappa shape index (κ2) is 9.30. The molecule has 158 valence electrons. The first kappa shape index (κ1) is 21.2. The number of hydrogen-bond acceptors (Lipinski definition) is 6. The first-order valence-corrected chi connectivity index (χ1v) is 9.45. The molecule has 1 aliphatic heterocycles. The van der Waals surface area contributed by atoms with E-state index in [1.165, 1.54) is 5.01 Å². The number of aliphatic carboxylic acids is 1. The molecule has 0 spiro atoms. The summed E-state index contributed by atoms with van der Waals surface area (Å²) in [5.74, 6) is 0.407. The van der Waals surface area contributed by atoms with Crippen molar-refractivity contribution in [1.29, 1.82) is 0 Å². The molecule has 1 aliphatic rings. The van der Waals surface area contributed by atoms with Crippen molar-refractivity contribution in [3.63, 3.8) is 0 Å². The van der Waals surface area contributed by atoms with Crippen molar-refractivity contribution in [1.82, 2.24) is 5.01 Å². The van der Waals surface area contributed by atoms with Gasteiger partial charge in [0.25, 0.3) is 0 Å². The number of amides is 1. The number of rotatable bonds is 8. The first-order chi connectivity index (χ1) is 14.5. The average molecular weight is 412 g/mol. The Kier molecular flexibility index (Phi) is 6.56. The second-order valence-electron chi connectivity index (χ2n) is 6.71. The van der Waals surface area contributed by atoms with E-state index < -0.39 is 12.0 Å². The number of carboxylic acids is 1. The highest BCUT2D eigenvalue weighted by Crippen LogP contribution is 2.39. The van der Waals surface area contributed by atoms with Crippen molar-refractivity contribution < 1.29 is 28.9 Å². The van der Waals surface area contributed by atoms with Gasteiger partial charge in [0.1, 0.15) is 5.75 Å². The smallest absolute Gasteiger partial charge is 0.303 e. The molecule has 2 aromatic carbocycles. The number of benzene rings is 2. The number of para-hydroxylation sites is 1. The van der Waals surface area contributed by atoms with Crippen LogP contribution in [0.5, 0.6) is 17.2 Å². The summed E-state index contributed by atoms with van der Waals surface area (Å²) >= 11 is 0. The maximum absolute atomic E-state index is 12.8. The minimum atomic E-state index is -1.03. The second-order valence-corrected chi connectivity index (χ2v) is 6.71. The standard InChI is InChI=1S/C22H24N2O6/c1-28-18-7-5-4-6-15(18)17-13-16(23-24(17)21(25)10-11-22(26)27)14-8-9-19(29-2)20(12-14)30-3/h4-9,12,17H,10-11,13H2,1-3H3,(H,26,27)/t17-/m1/s1. The number of hydrogen-bond donors (Lipinski definition) is 1. The molecule has 0 fully saturated rings. The zero-order valence-electron chi connectivity index (χ0n) is 17.1. The Labute approximate surface area is 174 Å². The normalized spacial score (nSPS) is 15.5. The molecule has 2 aromatic rings. The van der Waals surface area contributed by atoms with Crippen LogP contribution in [0.3, 0.4) is 0 Å². The van der Waals surface area contributed by atoms with Crippen molar-refractivity contribution in [3.8, 4) is 17.2 Å². The fourth-order valence-corrected chi connectivity index (χ4v) is 3.44. The Hall–Kier alpha value is -3.55. The molecule has 0 saturated heterocycles. The number of methoxy groups -OCH3 is 3. The van der Waals surface area contributed by atoms with E-state index in [2.05, 4.69) is 5.10 Å². The van der Waals surface area contributed by atoms with Crippen LogP contribution in [-0.4, -0.2) is 49.0 Å². The summed E-state index contributed by atoms with van der Waals surface area (Å²) in [6, 6.07) is 12.5. The van der Waals surface area contributed by atoms with Crippen molar-refractivity contribution in [2.24, 2.45) is 5.10 Å². The van der Waals surface area contributed by atoms with Crippen molar-refractivity contribution in [2.75, 3.05) is 21.3 Å². The highest BCUT2D eigenvalue weighted by atomic mass is 16.5. The van der Waals surface area contributed by atoms with Gasteiger partial charge >= 0.3 is 5.97 Å². The zero-order chi connectivity index (χ0) is 21.7. The molecule has 1 heterocycles. The van der Waals surface area contributed by atoms with E-state index in [4.69, 9.17) is 19.3 Å². The predicted octanol–water partition coefficient (Wildman–Crippen LogP) is 3.25. The molecule has 0 aliphatic carbocycles. The first-order valence-electron chi connectivity index (χ1n) is 9.45. The van der Waals surface area contributed by atoms with Crippen molar-refractivity contribution in [3.05, 3.63) is 53.6 Å². The minimum absolute atomic E-state index is 0.135. The van der Waals surface area contributed by atoms with Gasteiger partial charge in [-0.1, -0.05) is 18.2 Å². The average Bonchev–Trinajstić information content (AvgIpc) is 3.22. The maximum atomic E-state index is 12.8. The number of hydrazone groups is 1. The Morgan fingerprint density at radius 2 is 1.70 bits per heavy atom.